The number of rotatable bonds is 8. The second-order valence-corrected chi connectivity index (χ2v) is 10.8. The number of anilines is 1. The van der Waals surface area contributed by atoms with Crippen molar-refractivity contribution in [2.75, 3.05) is 30.9 Å². The van der Waals surface area contributed by atoms with Crippen LogP contribution in [0.1, 0.15) is 34.1 Å². The van der Waals surface area contributed by atoms with Gasteiger partial charge in [-0.2, -0.15) is 13.2 Å². The number of allylic oxidation sites excluding steroid dienone is 1. The number of pyridine rings is 1. The number of sulfonamides is 1. The first kappa shape index (κ1) is 29.0. The highest BCUT2D eigenvalue weighted by atomic mass is 32.2. The average Bonchev–Trinajstić information content (AvgIpc) is 2.93. The van der Waals surface area contributed by atoms with Crippen LogP contribution < -0.4 is 4.72 Å². The largest absolute Gasteiger partial charge is 0.417 e. The Kier molecular flexibility index (Phi) is 8.70. The van der Waals surface area contributed by atoms with Crippen LogP contribution in [0.4, 0.5) is 24.5 Å². The highest BCUT2D eigenvalue weighted by Crippen LogP contribution is 2.31. The van der Waals surface area contributed by atoms with E-state index in [-0.39, 0.29) is 22.2 Å². The van der Waals surface area contributed by atoms with Gasteiger partial charge >= 0.3 is 6.18 Å². The number of nitrogens with one attached hydrogen (secondary N) is 1. The van der Waals surface area contributed by atoms with Gasteiger partial charge in [-0.1, -0.05) is 24.3 Å². The lowest BCUT2D eigenvalue weighted by atomic mass is 10.1. The summed E-state index contributed by atoms with van der Waals surface area (Å²) in [6.07, 6.45) is -0.0750. The zero-order chi connectivity index (χ0) is 28.9. The van der Waals surface area contributed by atoms with Crippen LogP contribution in [0.25, 0.3) is 6.08 Å². The van der Waals surface area contributed by atoms with Crippen molar-refractivity contribution in [1.82, 2.24) is 14.8 Å². The lowest BCUT2D eigenvalue weighted by Gasteiger charge is -2.34. The van der Waals surface area contributed by atoms with E-state index in [1.165, 1.54) is 24.3 Å². The van der Waals surface area contributed by atoms with E-state index in [1.54, 1.807) is 41.3 Å². The van der Waals surface area contributed by atoms with Gasteiger partial charge in [-0.25, -0.2) is 8.42 Å². The van der Waals surface area contributed by atoms with Crippen LogP contribution >= 0.6 is 0 Å². The van der Waals surface area contributed by atoms with E-state index >= 15 is 0 Å². The maximum absolute atomic E-state index is 13.1. The molecule has 1 aliphatic rings. The number of hydrogen-bond donors (Lipinski definition) is 1. The van der Waals surface area contributed by atoms with Crippen molar-refractivity contribution in [3.05, 3.63) is 89.3 Å². The van der Waals surface area contributed by atoms with Crippen molar-refractivity contribution in [2.45, 2.75) is 24.5 Å². The second kappa shape index (κ2) is 12.0. The minimum atomic E-state index is -4.43. The van der Waals surface area contributed by atoms with Crippen molar-refractivity contribution >= 4 is 40.1 Å². The Bertz CT molecular complexity index is 1500. The number of alkyl halides is 3. The molecule has 3 aromatic rings. The summed E-state index contributed by atoms with van der Waals surface area (Å²) in [7, 11) is -3.97. The van der Waals surface area contributed by atoms with E-state index in [1.807, 2.05) is 11.8 Å². The Morgan fingerprint density at radius 3 is 2.35 bits per heavy atom. The molecule has 8 nitrogen and oxygen atoms in total. The molecular formula is C28H28F3N5O3S. The first-order chi connectivity index (χ1) is 19.0. The lowest BCUT2D eigenvalue weighted by Crippen LogP contribution is -2.48. The van der Waals surface area contributed by atoms with Gasteiger partial charge in [0.1, 0.15) is 4.90 Å². The Balaban J connectivity index is 1.35. The molecule has 0 spiro atoms. The number of benzene rings is 2. The Morgan fingerprint density at radius 1 is 1.07 bits per heavy atom. The molecule has 1 amide bonds. The quantitative estimate of drug-likeness (QED) is 0.374. The van der Waals surface area contributed by atoms with E-state index in [4.69, 9.17) is 0 Å². The normalized spacial score (nSPS) is 14.8. The molecule has 12 heteroatoms. The van der Waals surface area contributed by atoms with Crippen molar-refractivity contribution < 1.29 is 26.4 Å². The van der Waals surface area contributed by atoms with Gasteiger partial charge in [-0.05, 0) is 56.1 Å². The number of halogens is 3. The summed E-state index contributed by atoms with van der Waals surface area (Å²) >= 11 is 0. The summed E-state index contributed by atoms with van der Waals surface area (Å²) < 4.78 is 66.9. The Morgan fingerprint density at radius 2 is 1.77 bits per heavy atom. The highest BCUT2D eigenvalue weighted by Gasteiger charge is 2.31. The molecule has 1 N–H and O–H groups in total. The van der Waals surface area contributed by atoms with Crippen LogP contribution in [0.15, 0.2) is 76.8 Å². The van der Waals surface area contributed by atoms with Gasteiger partial charge in [0.2, 0.25) is 0 Å². The highest BCUT2D eigenvalue weighted by molar-refractivity contribution is 7.92. The molecular weight excluding hydrogens is 543 g/mol. The number of piperazine rings is 1. The fraction of sp³-hybridized carbons (Fsp3) is 0.250. The number of aromatic nitrogens is 1. The maximum atomic E-state index is 13.1. The number of para-hydroxylation sites is 1. The van der Waals surface area contributed by atoms with E-state index in [2.05, 4.69) is 21.4 Å². The molecule has 0 aliphatic carbocycles. The molecule has 1 aromatic heterocycles. The molecule has 4 rings (SSSR count). The van der Waals surface area contributed by atoms with Crippen LogP contribution in [-0.4, -0.2) is 62.0 Å². The molecule has 0 atom stereocenters. The topological polar surface area (TPSA) is 95.0 Å². The maximum Gasteiger partial charge on any atom is 0.417 e. The van der Waals surface area contributed by atoms with Gasteiger partial charge in [0, 0.05) is 55.7 Å². The molecule has 0 saturated carbocycles. The lowest BCUT2D eigenvalue weighted by molar-refractivity contribution is -0.137. The second-order valence-electron chi connectivity index (χ2n) is 9.14. The van der Waals surface area contributed by atoms with Crippen LogP contribution in [0.3, 0.4) is 0 Å². The summed E-state index contributed by atoms with van der Waals surface area (Å²) in [4.78, 5) is 24.5. The van der Waals surface area contributed by atoms with Gasteiger partial charge in [0.25, 0.3) is 15.9 Å². The number of hydrogen-bond acceptors (Lipinski definition) is 6. The fourth-order valence-electron chi connectivity index (χ4n) is 4.34. The first-order valence-corrected chi connectivity index (χ1v) is 13.9. The van der Waals surface area contributed by atoms with E-state index in [0.717, 1.165) is 12.3 Å². The number of aliphatic imine (C=N–C) groups is 1. The molecule has 40 heavy (non-hydrogen) atoms. The first-order valence-electron chi connectivity index (χ1n) is 12.4. The van der Waals surface area contributed by atoms with E-state index < -0.39 is 21.8 Å². The summed E-state index contributed by atoms with van der Waals surface area (Å²) in [6.45, 7) is 7.66. The van der Waals surface area contributed by atoms with Crippen LogP contribution in [0.2, 0.25) is 0 Å². The molecule has 1 saturated heterocycles. The molecule has 1 fully saturated rings. The van der Waals surface area contributed by atoms with Crippen molar-refractivity contribution in [1.29, 1.82) is 0 Å². The summed E-state index contributed by atoms with van der Waals surface area (Å²) in [6, 6.07) is 13.4. The van der Waals surface area contributed by atoms with E-state index in [9.17, 15) is 26.4 Å². The Labute approximate surface area is 230 Å². The molecule has 0 bridgehead atoms. The van der Waals surface area contributed by atoms with Crippen molar-refractivity contribution in [2.24, 2.45) is 4.99 Å². The van der Waals surface area contributed by atoms with E-state index in [0.29, 0.717) is 49.5 Å². The average molecular weight is 572 g/mol. The summed E-state index contributed by atoms with van der Waals surface area (Å²) in [5.41, 5.74) is 1.30. The zero-order valence-corrected chi connectivity index (χ0v) is 22.5. The minimum Gasteiger partial charge on any atom is -0.336 e. The standard InChI is InChI=1S/C28H28F3N5O3S/c1-3-5-20-6-4-7-25(26(20)32-2)40(38,39)34-23-11-8-21(9-12-23)27(37)36-16-14-35(15-17-36)19-24-13-10-22(18-33-24)28(29,30)31/h3-13,18,34H,2,14-17,19H2,1H3/b5-3-. The van der Waals surface area contributed by atoms with Crippen molar-refractivity contribution in [3.8, 4) is 0 Å². The number of nitrogens with zero attached hydrogens (tertiary/aromatic N) is 4. The smallest absolute Gasteiger partial charge is 0.336 e. The van der Waals surface area contributed by atoms with Crippen molar-refractivity contribution in [3.63, 3.8) is 0 Å². The monoisotopic (exact) mass is 571 g/mol. The van der Waals surface area contributed by atoms with Gasteiger partial charge in [-0.15, -0.1) is 0 Å². The number of amides is 1. The van der Waals surface area contributed by atoms with Crippen LogP contribution in [-0.2, 0) is 22.7 Å². The van der Waals surface area contributed by atoms with Crippen LogP contribution in [0, 0.1) is 0 Å². The molecule has 1 aliphatic heterocycles. The summed E-state index contributed by atoms with van der Waals surface area (Å²) in [5, 5.41) is 0. The third kappa shape index (κ3) is 6.75. The molecule has 0 unspecified atom stereocenters. The van der Waals surface area contributed by atoms with Crippen LogP contribution in [0.5, 0.6) is 0 Å². The fourth-order valence-corrected chi connectivity index (χ4v) is 5.59. The van der Waals surface area contributed by atoms with Gasteiger partial charge in [-0.3, -0.25) is 24.4 Å². The summed E-state index contributed by atoms with van der Waals surface area (Å²) in [5.74, 6) is -0.195. The number of carbonyl (C=O) groups excluding carboxylic acids is 1. The predicted octanol–water partition coefficient (Wildman–Crippen LogP) is 5.22. The van der Waals surface area contributed by atoms with Gasteiger partial charge in [0.15, 0.2) is 0 Å². The zero-order valence-electron chi connectivity index (χ0n) is 21.7. The SMILES string of the molecule is C=Nc1c(/C=C\C)cccc1S(=O)(=O)Nc1ccc(C(=O)N2CCN(Cc3ccc(C(F)(F)F)cn3)CC2)cc1. The van der Waals surface area contributed by atoms with Gasteiger partial charge < -0.3 is 4.90 Å². The third-order valence-electron chi connectivity index (χ3n) is 6.41. The molecule has 2 heterocycles. The molecule has 2 aromatic carbocycles. The minimum absolute atomic E-state index is 0.0115. The predicted molar refractivity (Wildman–Crippen MR) is 148 cm³/mol. The molecule has 210 valence electrons. The third-order valence-corrected chi connectivity index (χ3v) is 7.82. The Hall–Kier alpha value is -4.03. The number of carbonyl (C=O) groups is 1. The molecule has 0 radical (unpaired) electrons. The van der Waals surface area contributed by atoms with Gasteiger partial charge in [0.05, 0.1) is 16.9 Å².